The molecule has 0 aliphatic heterocycles. The molecule has 0 aromatic heterocycles. The molecule has 0 unspecified atom stereocenters. The predicted molar refractivity (Wildman–Crippen MR) is 60.3 cm³/mol. The summed E-state index contributed by atoms with van der Waals surface area (Å²) in [5.41, 5.74) is 5.34. The predicted octanol–water partition coefficient (Wildman–Crippen LogP) is 0.966. The highest BCUT2D eigenvalue weighted by Gasteiger charge is 2.18. The number of hydrogen-bond donors (Lipinski definition) is 2. The second-order valence-electron chi connectivity index (χ2n) is 3.19. The van der Waals surface area contributed by atoms with Crippen molar-refractivity contribution in [3.8, 4) is 0 Å². The Kier molecular flexibility index (Phi) is 4.10. The van der Waals surface area contributed by atoms with Gasteiger partial charge in [0.25, 0.3) is 0 Å². The summed E-state index contributed by atoms with van der Waals surface area (Å²) < 4.78 is 26.0. The molecule has 0 saturated carbocycles. The van der Waals surface area contributed by atoms with Crippen molar-refractivity contribution in [3.05, 3.63) is 29.3 Å². The first-order chi connectivity index (χ1) is 6.97. The normalized spacial score (nSPS) is 13.8. The van der Waals surface area contributed by atoms with Crippen molar-refractivity contribution in [2.24, 2.45) is 5.73 Å². The molecule has 15 heavy (non-hydrogen) atoms. The van der Waals surface area contributed by atoms with Gasteiger partial charge in [-0.2, -0.15) is 0 Å². The molecule has 84 valence electrons. The fourth-order valence-electron chi connectivity index (χ4n) is 1.04. The monoisotopic (exact) mass is 248 g/mol. The van der Waals surface area contributed by atoms with E-state index in [1.807, 2.05) is 0 Å². The van der Waals surface area contributed by atoms with E-state index in [2.05, 4.69) is 4.72 Å². The van der Waals surface area contributed by atoms with Gasteiger partial charge in [0.2, 0.25) is 10.0 Å². The molecule has 4 nitrogen and oxygen atoms in total. The molecule has 0 fully saturated rings. The Hall–Kier alpha value is -0.620. The van der Waals surface area contributed by atoms with Crippen molar-refractivity contribution in [1.82, 2.24) is 4.72 Å². The molecule has 0 spiro atoms. The van der Waals surface area contributed by atoms with Crippen LogP contribution >= 0.6 is 11.6 Å². The maximum Gasteiger partial charge on any atom is 0.242 e. The second kappa shape index (κ2) is 4.94. The third-order valence-corrected chi connectivity index (χ3v) is 3.93. The lowest BCUT2D eigenvalue weighted by atomic mass is 10.4. The van der Waals surface area contributed by atoms with Crippen molar-refractivity contribution < 1.29 is 8.42 Å². The zero-order valence-corrected chi connectivity index (χ0v) is 9.85. The number of benzene rings is 1. The Morgan fingerprint density at radius 3 is 2.60 bits per heavy atom. The van der Waals surface area contributed by atoms with Gasteiger partial charge < -0.3 is 5.73 Å². The van der Waals surface area contributed by atoms with E-state index in [4.69, 9.17) is 17.3 Å². The molecule has 0 aliphatic carbocycles. The summed E-state index contributed by atoms with van der Waals surface area (Å²) in [7, 11) is -3.56. The minimum atomic E-state index is -3.56. The average Bonchev–Trinajstić information content (AvgIpc) is 2.17. The first-order valence-corrected chi connectivity index (χ1v) is 6.30. The minimum Gasteiger partial charge on any atom is -0.329 e. The molecule has 0 heterocycles. The molecule has 0 aliphatic rings. The lowest BCUT2D eigenvalue weighted by Gasteiger charge is -2.12. The van der Waals surface area contributed by atoms with Gasteiger partial charge in [0.05, 0.1) is 5.02 Å². The summed E-state index contributed by atoms with van der Waals surface area (Å²) in [5, 5.41) is 0.203. The standard InChI is InChI=1S/C9H13ClN2O2S/c1-7(6-11)12-15(13,14)9-5-3-2-4-8(9)10/h2-5,7,12H,6,11H2,1H3/t7-/m0/s1. The van der Waals surface area contributed by atoms with Crippen molar-refractivity contribution in [3.63, 3.8) is 0 Å². The van der Waals surface area contributed by atoms with Crippen LogP contribution in [0, 0.1) is 0 Å². The first kappa shape index (κ1) is 12.4. The molecule has 0 amide bonds. The van der Waals surface area contributed by atoms with Gasteiger partial charge in [-0.25, -0.2) is 13.1 Å². The van der Waals surface area contributed by atoms with Gasteiger partial charge in [-0.3, -0.25) is 0 Å². The number of halogens is 1. The summed E-state index contributed by atoms with van der Waals surface area (Å²) in [6, 6.07) is 5.96. The highest BCUT2D eigenvalue weighted by atomic mass is 35.5. The van der Waals surface area contributed by atoms with E-state index >= 15 is 0 Å². The van der Waals surface area contributed by atoms with Crippen LogP contribution in [0.25, 0.3) is 0 Å². The van der Waals surface area contributed by atoms with Crippen LogP contribution in [-0.2, 0) is 10.0 Å². The Balaban J connectivity index is 3.02. The lowest BCUT2D eigenvalue weighted by Crippen LogP contribution is -2.37. The van der Waals surface area contributed by atoms with E-state index in [0.29, 0.717) is 0 Å². The maximum absolute atomic E-state index is 11.8. The summed E-state index contributed by atoms with van der Waals surface area (Å²) in [4.78, 5) is 0.0759. The van der Waals surface area contributed by atoms with Gasteiger partial charge in [0.15, 0.2) is 0 Å². The number of nitrogens with two attached hydrogens (primary N) is 1. The van der Waals surface area contributed by atoms with E-state index in [1.54, 1.807) is 19.1 Å². The molecule has 1 atom stereocenters. The molecule has 3 N–H and O–H groups in total. The Labute approximate surface area is 94.5 Å². The second-order valence-corrected chi connectivity index (χ2v) is 5.28. The molecule has 0 saturated heterocycles. The zero-order valence-electron chi connectivity index (χ0n) is 8.27. The number of hydrogen-bond acceptors (Lipinski definition) is 3. The summed E-state index contributed by atoms with van der Waals surface area (Å²) in [5.74, 6) is 0. The number of sulfonamides is 1. The third kappa shape index (κ3) is 3.17. The molecular formula is C9H13ClN2O2S. The van der Waals surface area contributed by atoms with E-state index < -0.39 is 10.0 Å². The maximum atomic E-state index is 11.8. The first-order valence-electron chi connectivity index (χ1n) is 4.44. The highest BCUT2D eigenvalue weighted by molar-refractivity contribution is 7.89. The van der Waals surface area contributed by atoms with E-state index in [1.165, 1.54) is 12.1 Å². The number of nitrogens with one attached hydrogen (secondary N) is 1. The fourth-order valence-corrected chi connectivity index (χ4v) is 2.81. The summed E-state index contributed by atoms with van der Waals surface area (Å²) in [6.07, 6.45) is 0. The van der Waals surface area contributed by atoms with Gasteiger partial charge in [0, 0.05) is 12.6 Å². The van der Waals surface area contributed by atoms with Gasteiger partial charge in [-0.05, 0) is 19.1 Å². The van der Waals surface area contributed by atoms with Crippen LogP contribution in [0.15, 0.2) is 29.2 Å². The molecule has 0 radical (unpaired) electrons. The summed E-state index contributed by atoms with van der Waals surface area (Å²) >= 11 is 5.78. The van der Waals surface area contributed by atoms with Crippen LogP contribution < -0.4 is 10.5 Å². The molecule has 1 aromatic carbocycles. The lowest BCUT2D eigenvalue weighted by molar-refractivity contribution is 0.563. The van der Waals surface area contributed by atoms with Crippen LogP contribution in [0.5, 0.6) is 0 Å². The summed E-state index contributed by atoms with van der Waals surface area (Å²) in [6.45, 7) is 1.93. The van der Waals surface area contributed by atoms with Gasteiger partial charge in [-0.15, -0.1) is 0 Å². The van der Waals surface area contributed by atoms with Gasteiger partial charge in [0.1, 0.15) is 4.90 Å². The van der Waals surface area contributed by atoms with Crippen molar-refractivity contribution in [1.29, 1.82) is 0 Å². The Bertz CT molecular complexity index is 433. The molecule has 6 heteroatoms. The van der Waals surface area contributed by atoms with E-state index in [9.17, 15) is 8.42 Å². The van der Waals surface area contributed by atoms with E-state index in [0.717, 1.165) is 0 Å². The smallest absolute Gasteiger partial charge is 0.242 e. The highest BCUT2D eigenvalue weighted by Crippen LogP contribution is 2.20. The van der Waals surface area contributed by atoms with Crippen molar-refractivity contribution >= 4 is 21.6 Å². The topological polar surface area (TPSA) is 72.2 Å². The molecule has 1 rings (SSSR count). The van der Waals surface area contributed by atoms with Crippen LogP contribution in [-0.4, -0.2) is 21.0 Å². The van der Waals surface area contributed by atoms with Crippen LogP contribution in [0.3, 0.4) is 0 Å². The van der Waals surface area contributed by atoms with Crippen LogP contribution in [0.1, 0.15) is 6.92 Å². The number of rotatable bonds is 4. The average molecular weight is 249 g/mol. The Morgan fingerprint density at radius 1 is 1.47 bits per heavy atom. The van der Waals surface area contributed by atoms with Crippen molar-refractivity contribution in [2.75, 3.05) is 6.54 Å². The third-order valence-electron chi connectivity index (χ3n) is 1.84. The molecule has 1 aromatic rings. The largest absolute Gasteiger partial charge is 0.329 e. The molecular weight excluding hydrogens is 236 g/mol. The SMILES string of the molecule is C[C@@H](CN)NS(=O)(=O)c1ccccc1Cl. The van der Waals surface area contributed by atoms with Crippen LogP contribution in [0.4, 0.5) is 0 Å². The minimum absolute atomic E-state index is 0.0759. The van der Waals surface area contributed by atoms with Gasteiger partial charge >= 0.3 is 0 Å². The zero-order chi connectivity index (χ0) is 11.5. The van der Waals surface area contributed by atoms with Gasteiger partial charge in [-0.1, -0.05) is 23.7 Å². The molecule has 0 bridgehead atoms. The quantitative estimate of drug-likeness (QED) is 0.834. The fraction of sp³-hybridized carbons (Fsp3) is 0.333. The Morgan fingerprint density at radius 2 is 2.07 bits per heavy atom. The van der Waals surface area contributed by atoms with Crippen molar-refractivity contribution in [2.45, 2.75) is 17.9 Å². The van der Waals surface area contributed by atoms with E-state index in [-0.39, 0.29) is 22.5 Å². The van der Waals surface area contributed by atoms with Crippen LogP contribution in [0.2, 0.25) is 5.02 Å².